The number of thiophene rings is 1. The van der Waals surface area contributed by atoms with Crippen molar-refractivity contribution in [1.29, 1.82) is 0 Å². The highest BCUT2D eigenvalue weighted by molar-refractivity contribution is 14.0. The number of hydrogen-bond acceptors (Lipinski definition) is 4. The van der Waals surface area contributed by atoms with Crippen LogP contribution in [0.5, 0.6) is 0 Å². The molecule has 1 amide bonds. The standard InChI is InChI=1S/C21H35N5OS.HI/c1-22-20(23-16-21(9-4-5-10-21)19(27)25(2)3)24-18-6-11-26(12-7-18)14-17-8-13-28-15-17;/h8,13,15,18H,4-7,9-12,14,16H2,1-3H3,(H2,22,23,24);1H. The lowest BCUT2D eigenvalue weighted by atomic mass is 9.84. The highest BCUT2D eigenvalue weighted by atomic mass is 127. The van der Waals surface area contributed by atoms with Gasteiger partial charge in [0.1, 0.15) is 0 Å². The van der Waals surface area contributed by atoms with E-state index in [1.54, 1.807) is 16.2 Å². The zero-order chi connectivity index (χ0) is 20.0. The van der Waals surface area contributed by atoms with Gasteiger partial charge in [0.05, 0.1) is 5.41 Å². The number of piperidine rings is 1. The van der Waals surface area contributed by atoms with Gasteiger partial charge < -0.3 is 15.5 Å². The summed E-state index contributed by atoms with van der Waals surface area (Å²) in [4.78, 5) is 21.4. The number of aliphatic imine (C=N–C) groups is 1. The van der Waals surface area contributed by atoms with E-state index in [0.29, 0.717) is 12.6 Å². The smallest absolute Gasteiger partial charge is 0.230 e. The minimum Gasteiger partial charge on any atom is -0.355 e. The minimum atomic E-state index is -0.273. The Bertz CT molecular complexity index is 650. The van der Waals surface area contributed by atoms with Crippen LogP contribution in [-0.4, -0.2) is 68.5 Å². The predicted octanol–water partition coefficient (Wildman–Crippen LogP) is 3.14. The number of carbonyl (C=O) groups is 1. The maximum Gasteiger partial charge on any atom is 0.230 e. The van der Waals surface area contributed by atoms with Gasteiger partial charge >= 0.3 is 0 Å². The summed E-state index contributed by atoms with van der Waals surface area (Å²) in [6, 6.07) is 2.66. The average Bonchev–Trinajstić information content (AvgIpc) is 3.38. The van der Waals surface area contributed by atoms with E-state index in [2.05, 4.69) is 37.4 Å². The Hall–Kier alpha value is -0.870. The Balaban J connectivity index is 0.00000300. The summed E-state index contributed by atoms with van der Waals surface area (Å²) in [5.74, 6) is 1.07. The SMILES string of the molecule is CN=C(NCC1(C(=O)N(C)C)CCCC1)NC1CCN(Cc2ccsc2)CC1.I. The van der Waals surface area contributed by atoms with Crippen LogP contribution in [0.2, 0.25) is 0 Å². The molecule has 0 radical (unpaired) electrons. The quantitative estimate of drug-likeness (QED) is 0.335. The predicted molar refractivity (Wildman–Crippen MR) is 132 cm³/mol. The number of nitrogens with one attached hydrogen (secondary N) is 2. The zero-order valence-electron chi connectivity index (χ0n) is 17.9. The second-order valence-electron chi connectivity index (χ2n) is 8.44. The van der Waals surface area contributed by atoms with E-state index in [4.69, 9.17) is 0 Å². The molecule has 3 rings (SSSR count). The summed E-state index contributed by atoms with van der Waals surface area (Å²) >= 11 is 1.77. The van der Waals surface area contributed by atoms with E-state index in [1.165, 1.54) is 5.56 Å². The van der Waals surface area contributed by atoms with E-state index >= 15 is 0 Å². The number of hydrogen-bond donors (Lipinski definition) is 2. The van der Waals surface area contributed by atoms with Crippen molar-refractivity contribution in [3.63, 3.8) is 0 Å². The number of guanidine groups is 1. The highest BCUT2D eigenvalue weighted by Crippen LogP contribution is 2.38. The van der Waals surface area contributed by atoms with E-state index in [0.717, 1.165) is 64.1 Å². The van der Waals surface area contributed by atoms with Crippen molar-refractivity contribution in [2.75, 3.05) is 40.8 Å². The molecule has 1 saturated heterocycles. The lowest BCUT2D eigenvalue weighted by Crippen LogP contribution is -2.52. The normalized spacial score (nSPS) is 20.2. The van der Waals surface area contributed by atoms with Gasteiger partial charge in [0.2, 0.25) is 5.91 Å². The maximum absolute atomic E-state index is 12.7. The molecule has 29 heavy (non-hydrogen) atoms. The van der Waals surface area contributed by atoms with Crippen LogP contribution < -0.4 is 10.6 Å². The number of nitrogens with zero attached hydrogens (tertiary/aromatic N) is 3. The molecule has 0 aromatic carbocycles. The Morgan fingerprint density at radius 2 is 2.00 bits per heavy atom. The Labute approximate surface area is 196 Å². The van der Waals surface area contributed by atoms with Crippen LogP contribution in [0.15, 0.2) is 21.8 Å². The van der Waals surface area contributed by atoms with Crippen LogP contribution in [-0.2, 0) is 11.3 Å². The van der Waals surface area contributed by atoms with Crippen molar-refractivity contribution in [2.45, 2.75) is 51.1 Å². The average molecular weight is 534 g/mol. The largest absolute Gasteiger partial charge is 0.355 e. The molecule has 8 heteroatoms. The summed E-state index contributed by atoms with van der Waals surface area (Å²) in [5.41, 5.74) is 1.15. The molecule has 164 valence electrons. The highest BCUT2D eigenvalue weighted by Gasteiger charge is 2.42. The summed E-state index contributed by atoms with van der Waals surface area (Å²) < 4.78 is 0. The van der Waals surface area contributed by atoms with Crippen LogP contribution in [0.1, 0.15) is 44.1 Å². The first kappa shape index (κ1) is 24.4. The van der Waals surface area contributed by atoms with Crippen molar-refractivity contribution < 1.29 is 4.79 Å². The Morgan fingerprint density at radius 3 is 2.55 bits per heavy atom. The van der Waals surface area contributed by atoms with Crippen LogP contribution in [0, 0.1) is 5.41 Å². The maximum atomic E-state index is 12.7. The van der Waals surface area contributed by atoms with Crippen molar-refractivity contribution in [2.24, 2.45) is 10.4 Å². The van der Waals surface area contributed by atoms with Crippen molar-refractivity contribution >= 4 is 47.2 Å². The van der Waals surface area contributed by atoms with Crippen molar-refractivity contribution in [1.82, 2.24) is 20.4 Å². The van der Waals surface area contributed by atoms with Gasteiger partial charge in [-0.25, -0.2) is 0 Å². The second kappa shape index (κ2) is 11.5. The number of rotatable bonds is 6. The molecule has 0 atom stereocenters. The van der Waals surface area contributed by atoms with Gasteiger partial charge in [-0.1, -0.05) is 12.8 Å². The molecule has 2 fully saturated rings. The van der Waals surface area contributed by atoms with Gasteiger partial charge in [-0.2, -0.15) is 11.3 Å². The number of amides is 1. The molecule has 1 aromatic rings. The van der Waals surface area contributed by atoms with Crippen molar-refractivity contribution in [3.05, 3.63) is 22.4 Å². The molecule has 1 aliphatic heterocycles. The van der Waals surface area contributed by atoms with Crippen LogP contribution >= 0.6 is 35.3 Å². The Kier molecular flexibility index (Phi) is 9.68. The van der Waals surface area contributed by atoms with Gasteiger partial charge in [-0.15, -0.1) is 24.0 Å². The summed E-state index contributed by atoms with van der Waals surface area (Å²) in [5, 5.41) is 11.4. The monoisotopic (exact) mass is 533 g/mol. The van der Waals surface area contributed by atoms with Gasteiger partial charge in [0, 0.05) is 53.4 Å². The van der Waals surface area contributed by atoms with Gasteiger partial charge in [0.15, 0.2) is 5.96 Å². The molecule has 1 aliphatic carbocycles. The number of carbonyl (C=O) groups excluding carboxylic acids is 1. The number of halogens is 1. The molecule has 0 bridgehead atoms. The molecular formula is C21H36IN5OS. The van der Waals surface area contributed by atoms with Gasteiger partial charge in [-0.3, -0.25) is 14.7 Å². The molecule has 6 nitrogen and oxygen atoms in total. The molecule has 0 unspecified atom stereocenters. The summed E-state index contributed by atoms with van der Waals surface area (Å²) in [7, 11) is 5.54. The van der Waals surface area contributed by atoms with Gasteiger partial charge in [0.25, 0.3) is 0 Å². The second-order valence-corrected chi connectivity index (χ2v) is 9.22. The van der Waals surface area contributed by atoms with Gasteiger partial charge in [-0.05, 0) is 48.1 Å². The van der Waals surface area contributed by atoms with Crippen LogP contribution in [0.4, 0.5) is 0 Å². The third-order valence-corrected chi connectivity index (χ3v) is 6.89. The lowest BCUT2D eigenvalue weighted by Gasteiger charge is -2.34. The van der Waals surface area contributed by atoms with Crippen molar-refractivity contribution in [3.8, 4) is 0 Å². The topological polar surface area (TPSA) is 60.0 Å². The van der Waals surface area contributed by atoms with Crippen LogP contribution in [0.3, 0.4) is 0 Å². The third kappa shape index (κ3) is 6.55. The number of likely N-dealkylation sites (tertiary alicyclic amines) is 1. The Morgan fingerprint density at radius 1 is 1.31 bits per heavy atom. The first-order valence-electron chi connectivity index (χ1n) is 10.4. The first-order valence-corrected chi connectivity index (χ1v) is 11.4. The van der Waals surface area contributed by atoms with E-state index in [9.17, 15) is 4.79 Å². The molecule has 2 heterocycles. The zero-order valence-corrected chi connectivity index (χ0v) is 21.1. The lowest BCUT2D eigenvalue weighted by molar-refractivity contribution is -0.138. The molecule has 1 saturated carbocycles. The molecule has 0 spiro atoms. The molecule has 2 N–H and O–H groups in total. The molecular weight excluding hydrogens is 497 g/mol. The summed E-state index contributed by atoms with van der Waals surface area (Å²) in [6.07, 6.45) is 6.44. The fraction of sp³-hybridized carbons (Fsp3) is 0.714. The van der Waals surface area contributed by atoms with E-state index in [1.807, 2.05) is 21.1 Å². The van der Waals surface area contributed by atoms with E-state index in [-0.39, 0.29) is 35.3 Å². The fourth-order valence-electron chi connectivity index (χ4n) is 4.51. The first-order chi connectivity index (χ1) is 13.5. The fourth-order valence-corrected chi connectivity index (χ4v) is 5.17. The van der Waals surface area contributed by atoms with Crippen LogP contribution in [0.25, 0.3) is 0 Å². The van der Waals surface area contributed by atoms with E-state index < -0.39 is 0 Å². The molecule has 2 aliphatic rings. The minimum absolute atomic E-state index is 0. The molecule has 1 aromatic heterocycles. The third-order valence-electron chi connectivity index (χ3n) is 6.15. The summed E-state index contributed by atoms with van der Waals surface area (Å²) in [6.45, 7) is 3.93.